The molecule has 0 aliphatic heterocycles. The molecule has 1 fully saturated rings. The van der Waals surface area contributed by atoms with Gasteiger partial charge in [-0.2, -0.15) is 4.98 Å². The van der Waals surface area contributed by atoms with E-state index in [-0.39, 0.29) is 0 Å². The number of halogens is 1. The molecule has 0 radical (unpaired) electrons. The fraction of sp³-hybridized carbons (Fsp3) is 0.214. The fourth-order valence-corrected chi connectivity index (χ4v) is 2.66. The van der Waals surface area contributed by atoms with Crippen LogP contribution in [0.5, 0.6) is 0 Å². The maximum absolute atomic E-state index is 5.42. The minimum Gasteiger partial charge on any atom is -0.446 e. The first kappa shape index (κ1) is 11.8. The number of pyridine rings is 1. The molecule has 3 heterocycles. The molecular formula is C14H10BrN3O2. The van der Waals surface area contributed by atoms with E-state index in [1.807, 2.05) is 18.3 Å². The largest absolute Gasteiger partial charge is 0.446 e. The van der Waals surface area contributed by atoms with Crippen LogP contribution in [-0.4, -0.2) is 15.1 Å². The molecular weight excluding hydrogens is 322 g/mol. The van der Waals surface area contributed by atoms with E-state index in [9.17, 15) is 0 Å². The molecule has 3 aromatic heterocycles. The first-order valence-corrected chi connectivity index (χ1v) is 7.10. The minimum absolute atomic E-state index is 0.291. The summed E-state index contributed by atoms with van der Waals surface area (Å²) in [6, 6.07) is 7.65. The van der Waals surface area contributed by atoms with Gasteiger partial charge in [0.15, 0.2) is 10.4 Å². The molecule has 0 saturated heterocycles. The summed E-state index contributed by atoms with van der Waals surface area (Å²) in [7, 11) is 0. The molecule has 0 spiro atoms. The molecule has 4 rings (SSSR count). The van der Waals surface area contributed by atoms with Crippen molar-refractivity contribution in [1.29, 1.82) is 0 Å². The summed E-state index contributed by atoms with van der Waals surface area (Å²) in [6.45, 7) is 0. The predicted octanol–water partition coefficient (Wildman–Crippen LogP) is 3.76. The van der Waals surface area contributed by atoms with Crippen molar-refractivity contribution in [2.24, 2.45) is 0 Å². The lowest BCUT2D eigenvalue weighted by atomic mass is 10.1. The van der Waals surface area contributed by atoms with Crippen molar-refractivity contribution in [3.05, 3.63) is 52.8 Å². The lowest BCUT2D eigenvalue weighted by Crippen LogP contribution is -1.85. The van der Waals surface area contributed by atoms with Gasteiger partial charge in [0.05, 0.1) is 0 Å². The normalized spacial score (nSPS) is 21.1. The van der Waals surface area contributed by atoms with Gasteiger partial charge in [-0.3, -0.25) is 4.98 Å². The van der Waals surface area contributed by atoms with Gasteiger partial charge < -0.3 is 8.94 Å². The lowest BCUT2D eigenvalue weighted by Gasteiger charge is -1.95. The molecule has 1 aliphatic carbocycles. The van der Waals surface area contributed by atoms with Crippen molar-refractivity contribution in [1.82, 2.24) is 15.1 Å². The highest BCUT2D eigenvalue weighted by molar-refractivity contribution is 9.10. The van der Waals surface area contributed by atoms with E-state index < -0.39 is 0 Å². The highest BCUT2D eigenvalue weighted by Crippen LogP contribution is 2.54. The van der Waals surface area contributed by atoms with Crippen LogP contribution in [-0.2, 0) is 0 Å². The first-order valence-electron chi connectivity index (χ1n) is 6.30. The van der Waals surface area contributed by atoms with Gasteiger partial charge in [-0.15, -0.1) is 0 Å². The third-order valence-corrected chi connectivity index (χ3v) is 3.88. The Morgan fingerprint density at radius 1 is 1.20 bits per heavy atom. The Morgan fingerprint density at radius 2 is 2.15 bits per heavy atom. The van der Waals surface area contributed by atoms with Gasteiger partial charge in [0, 0.05) is 18.3 Å². The van der Waals surface area contributed by atoms with Crippen LogP contribution in [0, 0.1) is 0 Å². The SMILES string of the molecule is Brc1ccc(-c2noc([C@@H]3C[C@H]3c3cccnc3)n2)o1. The second-order valence-corrected chi connectivity index (χ2v) is 5.58. The third-order valence-electron chi connectivity index (χ3n) is 3.46. The van der Waals surface area contributed by atoms with Crippen molar-refractivity contribution < 1.29 is 8.94 Å². The number of nitrogens with zero attached hydrogens (tertiary/aromatic N) is 3. The Balaban J connectivity index is 1.56. The van der Waals surface area contributed by atoms with Crippen LogP contribution in [0.15, 0.2) is 50.3 Å². The minimum atomic E-state index is 0.291. The van der Waals surface area contributed by atoms with E-state index in [2.05, 4.69) is 37.1 Å². The van der Waals surface area contributed by atoms with Gasteiger partial charge in [-0.25, -0.2) is 0 Å². The zero-order valence-electron chi connectivity index (χ0n) is 10.4. The van der Waals surface area contributed by atoms with Gasteiger partial charge in [-0.05, 0) is 52.0 Å². The van der Waals surface area contributed by atoms with Gasteiger partial charge in [0.25, 0.3) is 0 Å². The second kappa shape index (κ2) is 4.56. The predicted molar refractivity (Wildman–Crippen MR) is 74.0 cm³/mol. The lowest BCUT2D eigenvalue weighted by molar-refractivity contribution is 0.377. The number of hydrogen-bond donors (Lipinski definition) is 0. The average molecular weight is 332 g/mol. The van der Waals surface area contributed by atoms with E-state index >= 15 is 0 Å². The first-order chi connectivity index (χ1) is 9.81. The van der Waals surface area contributed by atoms with Crippen LogP contribution in [0.25, 0.3) is 11.6 Å². The zero-order chi connectivity index (χ0) is 13.5. The van der Waals surface area contributed by atoms with Crippen molar-refractivity contribution in [2.75, 3.05) is 0 Å². The molecule has 6 heteroatoms. The quantitative estimate of drug-likeness (QED) is 0.731. The van der Waals surface area contributed by atoms with Crippen LogP contribution in [0.3, 0.4) is 0 Å². The topological polar surface area (TPSA) is 65.0 Å². The summed E-state index contributed by atoms with van der Waals surface area (Å²) in [5.41, 5.74) is 1.22. The highest BCUT2D eigenvalue weighted by Gasteiger charge is 2.44. The van der Waals surface area contributed by atoms with Crippen LogP contribution in [0.2, 0.25) is 0 Å². The summed E-state index contributed by atoms with van der Waals surface area (Å²) in [4.78, 5) is 8.56. The van der Waals surface area contributed by atoms with Gasteiger partial charge in [0.2, 0.25) is 11.7 Å². The average Bonchev–Trinajstić information content (AvgIpc) is 2.91. The van der Waals surface area contributed by atoms with Crippen molar-refractivity contribution in [3.8, 4) is 11.6 Å². The Hall–Kier alpha value is -1.95. The molecule has 1 saturated carbocycles. The summed E-state index contributed by atoms with van der Waals surface area (Å²) >= 11 is 3.26. The standard InChI is InChI=1S/C14H10BrN3O2/c15-12-4-3-11(19-12)13-17-14(20-18-13)10-6-9(10)8-2-1-5-16-7-8/h1-5,7,9-10H,6H2/t9-,10+/m0/s1. The summed E-state index contributed by atoms with van der Waals surface area (Å²) in [6.07, 6.45) is 4.70. The van der Waals surface area contributed by atoms with Crippen molar-refractivity contribution >= 4 is 15.9 Å². The van der Waals surface area contributed by atoms with E-state index in [1.165, 1.54) is 5.56 Å². The number of rotatable bonds is 3. The second-order valence-electron chi connectivity index (χ2n) is 4.80. The molecule has 3 aromatic rings. The molecule has 0 amide bonds. The molecule has 1 aliphatic rings. The molecule has 5 nitrogen and oxygen atoms in total. The van der Waals surface area contributed by atoms with Crippen LogP contribution < -0.4 is 0 Å². The van der Waals surface area contributed by atoms with Gasteiger partial charge >= 0.3 is 0 Å². The smallest absolute Gasteiger partial charge is 0.238 e. The summed E-state index contributed by atoms with van der Waals surface area (Å²) < 4.78 is 11.4. The van der Waals surface area contributed by atoms with Crippen LogP contribution in [0.4, 0.5) is 0 Å². The van der Waals surface area contributed by atoms with Crippen molar-refractivity contribution in [3.63, 3.8) is 0 Å². The molecule has 100 valence electrons. The Labute approximate surface area is 123 Å². The van der Waals surface area contributed by atoms with E-state index in [0.717, 1.165) is 6.42 Å². The maximum atomic E-state index is 5.42. The molecule has 0 N–H and O–H groups in total. The Bertz CT molecular complexity index is 738. The van der Waals surface area contributed by atoms with Gasteiger partial charge in [-0.1, -0.05) is 11.2 Å². The zero-order valence-corrected chi connectivity index (χ0v) is 11.9. The molecule has 2 atom stereocenters. The molecule has 0 bridgehead atoms. The fourth-order valence-electron chi connectivity index (χ4n) is 2.35. The molecule has 20 heavy (non-hydrogen) atoms. The van der Waals surface area contributed by atoms with Crippen LogP contribution >= 0.6 is 15.9 Å². The Kier molecular flexibility index (Phi) is 2.70. The highest BCUT2D eigenvalue weighted by atomic mass is 79.9. The Morgan fingerprint density at radius 3 is 2.90 bits per heavy atom. The summed E-state index contributed by atoms with van der Waals surface area (Å²) in [5.74, 6) is 2.48. The monoisotopic (exact) mass is 331 g/mol. The molecule has 0 unspecified atom stereocenters. The van der Waals surface area contributed by atoms with Crippen molar-refractivity contribution in [2.45, 2.75) is 18.3 Å². The third kappa shape index (κ3) is 2.06. The van der Waals surface area contributed by atoms with Crippen LogP contribution in [0.1, 0.15) is 29.7 Å². The summed E-state index contributed by atoms with van der Waals surface area (Å²) in [5, 5.41) is 3.97. The maximum Gasteiger partial charge on any atom is 0.238 e. The van der Waals surface area contributed by atoms with E-state index in [4.69, 9.17) is 8.94 Å². The molecule has 0 aromatic carbocycles. The van der Waals surface area contributed by atoms with Gasteiger partial charge in [0.1, 0.15) is 0 Å². The number of furan rings is 1. The van der Waals surface area contributed by atoms with E-state index in [1.54, 1.807) is 12.3 Å². The van der Waals surface area contributed by atoms with E-state index in [0.29, 0.717) is 34.0 Å². The number of hydrogen-bond acceptors (Lipinski definition) is 5. The number of aromatic nitrogens is 3.